The lowest BCUT2D eigenvalue weighted by molar-refractivity contribution is -0.143. The van der Waals surface area contributed by atoms with Crippen LogP contribution in [-0.4, -0.2) is 86.4 Å². The molecular formula is C24H30N2O7S2. The molecule has 1 aliphatic rings. The van der Waals surface area contributed by atoms with Crippen molar-refractivity contribution < 1.29 is 32.6 Å². The normalized spacial score (nSPS) is 15.1. The van der Waals surface area contributed by atoms with Crippen molar-refractivity contribution >= 4 is 33.7 Å². The molecule has 9 nitrogen and oxygen atoms in total. The van der Waals surface area contributed by atoms with Crippen LogP contribution in [0.5, 0.6) is 5.75 Å². The highest BCUT2D eigenvalue weighted by molar-refractivity contribution is 7.98. The van der Waals surface area contributed by atoms with Crippen LogP contribution in [0, 0.1) is 0 Å². The minimum absolute atomic E-state index is 0.0542. The standard InChI is InChI=1S/C24H30N2O7S2/c1-32-20-7-9-21(10-8-20)35(30,31)26(17-23(27)25-12-14-33-15-13-25)22(24(28)29)11-16-34-18-19-5-3-2-4-6-19/h2-10,22H,11-18H2,1H3,(H,28,29). The SMILES string of the molecule is COc1ccc(S(=O)(=O)N(CC(=O)N2CCOCC2)C(CCSCc2ccccc2)C(=O)O)cc1. The summed E-state index contributed by atoms with van der Waals surface area (Å²) in [5.41, 5.74) is 1.09. The van der Waals surface area contributed by atoms with Crippen LogP contribution < -0.4 is 4.74 Å². The van der Waals surface area contributed by atoms with E-state index in [1.54, 1.807) is 0 Å². The highest BCUT2D eigenvalue weighted by atomic mass is 32.2. The largest absolute Gasteiger partial charge is 0.497 e. The number of amides is 1. The molecule has 1 unspecified atom stereocenters. The molecule has 1 amide bonds. The molecule has 35 heavy (non-hydrogen) atoms. The summed E-state index contributed by atoms with van der Waals surface area (Å²) in [5, 5.41) is 10.00. The monoisotopic (exact) mass is 522 g/mol. The minimum atomic E-state index is -4.28. The number of nitrogens with zero attached hydrogens (tertiary/aromatic N) is 2. The average molecular weight is 523 g/mol. The topological polar surface area (TPSA) is 113 Å². The van der Waals surface area contributed by atoms with Crippen LogP contribution in [0.15, 0.2) is 59.5 Å². The number of benzene rings is 2. The molecule has 0 spiro atoms. The molecule has 1 fully saturated rings. The number of carboxylic acids is 1. The van der Waals surface area contributed by atoms with Crippen LogP contribution >= 0.6 is 11.8 Å². The average Bonchev–Trinajstić information content (AvgIpc) is 2.88. The Hall–Kier alpha value is -2.60. The van der Waals surface area contributed by atoms with Crippen molar-refractivity contribution in [3.05, 3.63) is 60.2 Å². The molecule has 0 radical (unpaired) electrons. The Bertz CT molecular complexity index is 1070. The number of hydrogen-bond acceptors (Lipinski definition) is 7. The lowest BCUT2D eigenvalue weighted by Crippen LogP contribution is -2.52. The van der Waals surface area contributed by atoms with Crippen LogP contribution in [0.1, 0.15) is 12.0 Å². The molecular weight excluding hydrogens is 492 g/mol. The summed E-state index contributed by atoms with van der Waals surface area (Å²) in [6.45, 7) is 0.819. The van der Waals surface area contributed by atoms with Gasteiger partial charge in [-0.15, -0.1) is 0 Å². The number of carbonyl (C=O) groups excluding carboxylic acids is 1. The molecule has 1 atom stereocenters. The van der Waals surface area contributed by atoms with Gasteiger partial charge in [-0.05, 0) is 42.0 Å². The maximum absolute atomic E-state index is 13.6. The summed E-state index contributed by atoms with van der Waals surface area (Å²) < 4.78 is 38.3. The zero-order valence-corrected chi connectivity index (χ0v) is 21.2. The molecule has 1 heterocycles. The lowest BCUT2D eigenvalue weighted by Gasteiger charge is -2.32. The Morgan fingerprint density at radius 1 is 1.11 bits per heavy atom. The number of methoxy groups -OCH3 is 1. The molecule has 190 valence electrons. The summed E-state index contributed by atoms with van der Waals surface area (Å²) in [7, 11) is -2.82. The number of morpholine rings is 1. The highest BCUT2D eigenvalue weighted by Crippen LogP contribution is 2.24. The van der Waals surface area contributed by atoms with Gasteiger partial charge in [0.1, 0.15) is 11.8 Å². The van der Waals surface area contributed by atoms with E-state index >= 15 is 0 Å². The van der Waals surface area contributed by atoms with Crippen LogP contribution in [0.4, 0.5) is 0 Å². The van der Waals surface area contributed by atoms with Crippen LogP contribution in [-0.2, 0) is 30.1 Å². The van der Waals surface area contributed by atoms with E-state index < -0.39 is 34.5 Å². The molecule has 2 aromatic rings. The molecule has 11 heteroatoms. The maximum Gasteiger partial charge on any atom is 0.322 e. The number of rotatable bonds is 12. The van der Waals surface area contributed by atoms with E-state index in [0.29, 0.717) is 43.6 Å². The molecule has 1 aliphatic heterocycles. The maximum atomic E-state index is 13.6. The molecule has 0 saturated carbocycles. The van der Waals surface area contributed by atoms with E-state index in [0.717, 1.165) is 9.87 Å². The van der Waals surface area contributed by atoms with Gasteiger partial charge in [0.15, 0.2) is 0 Å². The van der Waals surface area contributed by atoms with Crippen LogP contribution in [0.25, 0.3) is 0 Å². The summed E-state index contributed by atoms with van der Waals surface area (Å²) in [4.78, 5) is 26.6. The molecule has 0 bridgehead atoms. The first-order chi connectivity index (χ1) is 16.8. The number of ether oxygens (including phenoxy) is 2. The quantitative estimate of drug-likeness (QED) is 0.423. The van der Waals surface area contributed by atoms with Gasteiger partial charge < -0.3 is 19.5 Å². The van der Waals surface area contributed by atoms with Gasteiger partial charge in [0.25, 0.3) is 0 Å². The van der Waals surface area contributed by atoms with E-state index in [2.05, 4.69) is 0 Å². The Morgan fingerprint density at radius 3 is 2.37 bits per heavy atom. The Kier molecular flexibility index (Phi) is 9.96. The van der Waals surface area contributed by atoms with E-state index in [1.807, 2.05) is 30.3 Å². The van der Waals surface area contributed by atoms with Crippen molar-refractivity contribution in [2.45, 2.75) is 23.1 Å². The van der Waals surface area contributed by atoms with Crippen molar-refractivity contribution in [3.8, 4) is 5.75 Å². The molecule has 0 aromatic heterocycles. The second-order valence-corrected chi connectivity index (χ2v) is 10.9. The Balaban J connectivity index is 1.81. The van der Waals surface area contributed by atoms with Gasteiger partial charge in [-0.25, -0.2) is 8.42 Å². The van der Waals surface area contributed by atoms with Crippen molar-refractivity contribution in [3.63, 3.8) is 0 Å². The third kappa shape index (κ3) is 7.44. The fourth-order valence-corrected chi connectivity index (χ4v) is 6.17. The number of thioether (sulfide) groups is 1. The van der Waals surface area contributed by atoms with Gasteiger partial charge in [0.05, 0.1) is 31.8 Å². The first kappa shape index (κ1) is 27.0. The van der Waals surface area contributed by atoms with Crippen molar-refractivity contribution in [1.29, 1.82) is 0 Å². The van der Waals surface area contributed by atoms with Crippen molar-refractivity contribution in [2.24, 2.45) is 0 Å². The first-order valence-electron chi connectivity index (χ1n) is 11.2. The summed E-state index contributed by atoms with van der Waals surface area (Å²) >= 11 is 1.51. The zero-order valence-electron chi connectivity index (χ0n) is 19.5. The predicted molar refractivity (Wildman–Crippen MR) is 133 cm³/mol. The van der Waals surface area contributed by atoms with Crippen molar-refractivity contribution in [1.82, 2.24) is 9.21 Å². The summed E-state index contributed by atoms with van der Waals surface area (Å²) in [5.74, 6) is -0.199. The number of hydrogen-bond donors (Lipinski definition) is 1. The van der Waals surface area contributed by atoms with Crippen LogP contribution in [0.2, 0.25) is 0 Å². The fraction of sp³-hybridized carbons (Fsp3) is 0.417. The number of carboxylic acid groups (broad SMARTS) is 1. The summed E-state index contributed by atoms with van der Waals surface area (Å²) in [6.07, 6.45) is 0.0542. The number of aliphatic carboxylic acids is 1. The third-order valence-electron chi connectivity index (χ3n) is 5.60. The second kappa shape index (κ2) is 12.9. The second-order valence-electron chi connectivity index (χ2n) is 7.90. The fourth-order valence-electron chi connectivity index (χ4n) is 3.64. The predicted octanol–water partition coefficient (Wildman–Crippen LogP) is 2.32. The van der Waals surface area contributed by atoms with Gasteiger partial charge in [0.2, 0.25) is 15.9 Å². The van der Waals surface area contributed by atoms with Gasteiger partial charge >= 0.3 is 5.97 Å². The summed E-state index contributed by atoms with van der Waals surface area (Å²) in [6, 6.07) is 14.0. The molecule has 1 saturated heterocycles. The first-order valence-corrected chi connectivity index (χ1v) is 13.8. The van der Waals surface area contributed by atoms with Gasteiger partial charge in [-0.1, -0.05) is 30.3 Å². The zero-order chi connectivity index (χ0) is 25.3. The smallest absolute Gasteiger partial charge is 0.322 e. The highest BCUT2D eigenvalue weighted by Gasteiger charge is 2.38. The number of sulfonamides is 1. The molecule has 3 rings (SSSR count). The van der Waals surface area contributed by atoms with E-state index in [4.69, 9.17) is 9.47 Å². The Labute approximate surface area is 210 Å². The number of carbonyl (C=O) groups is 2. The van der Waals surface area contributed by atoms with Gasteiger partial charge in [0, 0.05) is 18.8 Å². The van der Waals surface area contributed by atoms with Gasteiger partial charge in [-0.2, -0.15) is 16.1 Å². The van der Waals surface area contributed by atoms with E-state index in [-0.39, 0.29) is 11.3 Å². The Morgan fingerprint density at radius 2 is 1.77 bits per heavy atom. The van der Waals surface area contributed by atoms with Gasteiger partial charge in [-0.3, -0.25) is 9.59 Å². The van der Waals surface area contributed by atoms with E-state index in [1.165, 1.54) is 48.0 Å². The minimum Gasteiger partial charge on any atom is -0.497 e. The third-order valence-corrected chi connectivity index (χ3v) is 8.53. The molecule has 2 aromatic carbocycles. The van der Waals surface area contributed by atoms with Crippen molar-refractivity contribution in [2.75, 3.05) is 45.7 Å². The molecule has 1 N–H and O–H groups in total. The van der Waals surface area contributed by atoms with E-state index in [9.17, 15) is 23.1 Å². The lowest BCUT2D eigenvalue weighted by atomic mass is 10.2. The molecule has 0 aliphatic carbocycles. The van der Waals surface area contributed by atoms with Crippen LogP contribution in [0.3, 0.4) is 0 Å².